The van der Waals surface area contributed by atoms with Crippen molar-refractivity contribution in [3.63, 3.8) is 0 Å². The number of likely N-dealkylation sites (tertiary alicyclic amines) is 1. The third-order valence-corrected chi connectivity index (χ3v) is 4.86. The van der Waals surface area contributed by atoms with Crippen molar-refractivity contribution in [1.82, 2.24) is 20.0 Å². The van der Waals surface area contributed by atoms with Crippen LogP contribution < -0.4 is 5.32 Å². The van der Waals surface area contributed by atoms with E-state index in [0.29, 0.717) is 12.1 Å². The van der Waals surface area contributed by atoms with E-state index in [0.717, 1.165) is 31.5 Å². The fourth-order valence-electron chi connectivity index (χ4n) is 3.86. The molecule has 2 atom stereocenters. The third-order valence-electron chi connectivity index (χ3n) is 4.86. The third kappa shape index (κ3) is 4.69. The highest BCUT2D eigenvalue weighted by atomic mass is 16.1. The molecule has 1 aliphatic rings. The lowest BCUT2D eigenvalue weighted by Gasteiger charge is -2.35. The Morgan fingerprint density at radius 2 is 1.88 bits per heavy atom. The van der Waals surface area contributed by atoms with Crippen LogP contribution in [0.5, 0.6) is 0 Å². The number of aromatic nitrogens is 2. The van der Waals surface area contributed by atoms with E-state index >= 15 is 0 Å². The number of carbonyl (C=O) groups excluding carboxylic acids is 1. The molecule has 5 nitrogen and oxygen atoms in total. The predicted octanol–water partition coefficient (Wildman–Crippen LogP) is 2.83. The first kappa shape index (κ1) is 17.7. The minimum atomic E-state index is -0.0804. The summed E-state index contributed by atoms with van der Waals surface area (Å²) in [4.78, 5) is 14.8. The lowest BCUT2D eigenvalue weighted by atomic mass is 9.91. The highest BCUT2D eigenvalue weighted by Gasteiger charge is 2.22. The van der Waals surface area contributed by atoms with Crippen molar-refractivity contribution in [2.75, 3.05) is 13.1 Å². The Bertz CT molecular complexity index is 714. The average Bonchev–Trinajstić information content (AvgIpc) is 2.99. The summed E-state index contributed by atoms with van der Waals surface area (Å²) in [5.41, 5.74) is 3.08. The molecule has 1 saturated heterocycles. The Morgan fingerprint density at radius 1 is 1.20 bits per heavy atom. The molecule has 1 N–H and O–H groups in total. The van der Waals surface area contributed by atoms with Gasteiger partial charge in [0.15, 0.2) is 0 Å². The number of piperidine rings is 1. The molecule has 1 aromatic heterocycles. The first-order valence-corrected chi connectivity index (χ1v) is 9.07. The van der Waals surface area contributed by atoms with Crippen LogP contribution in [0.25, 0.3) is 0 Å². The Hall–Kier alpha value is -2.14. The summed E-state index contributed by atoms with van der Waals surface area (Å²) in [6, 6.07) is 8.40. The Labute approximate surface area is 150 Å². The van der Waals surface area contributed by atoms with Crippen molar-refractivity contribution < 1.29 is 4.79 Å². The predicted molar refractivity (Wildman–Crippen MR) is 99.0 cm³/mol. The monoisotopic (exact) mass is 340 g/mol. The quantitative estimate of drug-likeness (QED) is 0.910. The van der Waals surface area contributed by atoms with Crippen LogP contribution >= 0.6 is 0 Å². The van der Waals surface area contributed by atoms with Crippen LogP contribution in [0.4, 0.5) is 0 Å². The molecular formula is C20H28N4O. The zero-order chi connectivity index (χ0) is 17.8. The summed E-state index contributed by atoms with van der Waals surface area (Å²) in [5.74, 6) is 1.42. The zero-order valence-electron chi connectivity index (χ0n) is 15.4. The highest BCUT2D eigenvalue weighted by molar-refractivity contribution is 5.93. The molecule has 2 aromatic rings. The van der Waals surface area contributed by atoms with E-state index in [2.05, 4.69) is 47.4 Å². The number of hydrogen-bond donors (Lipinski definition) is 1. The second kappa shape index (κ2) is 7.83. The van der Waals surface area contributed by atoms with Crippen LogP contribution in [0, 0.1) is 11.8 Å². The second-order valence-electron chi connectivity index (χ2n) is 7.49. The van der Waals surface area contributed by atoms with Crippen molar-refractivity contribution in [2.45, 2.75) is 33.4 Å². The summed E-state index contributed by atoms with van der Waals surface area (Å²) in [6.07, 6.45) is 4.65. The molecule has 1 fully saturated rings. The van der Waals surface area contributed by atoms with E-state index in [4.69, 9.17) is 0 Å². The van der Waals surface area contributed by atoms with Crippen LogP contribution in [0.3, 0.4) is 0 Å². The molecule has 3 rings (SSSR count). The van der Waals surface area contributed by atoms with Crippen LogP contribution in [-0.2, 0) is 20.1 Å². The van der Waals surface area contributed by atoms with Gasteiger partial charge in [-0.25, -0.2) is 0 Å². The van der Waals surface area contributed by atoms with Gasteiger partial charge in [0.2, 0.25) is 0 Å². The van der Waals surface area contributed by atoms with E-state index in [-0.39, 0.29) is 5.91 Å². The van der Waals surface area contributed by atoms with Gasteiger partial charge in [0.25, 0.3) is 5.91 Å². The lowest BCUT2D eigenvalue weighted by molar-refractivity contribution is 0.0950. The first-order chi connectivity index (χ1) is 12.0. The molecule has 1 amide bonds. The molecule has 2 heterocycles. The van der Waals surface area contributed by atoms with Gasteiger partial charge in [-0.3, -0.25) is 14.4 Å². The maximum atomic E-state index is 12.2. The summed E-state index contributed by atoms with van der Waals surface area (Å²) >= 11 is 0. The smallest absolute Gasteiger partial charge is 0.254 e. The van der Waals surface area contributed by atoms with Gasteiger partial charge in [0, 0.05) is 39.4 Å². The number of hydrogen-bond acceptors (Lipinski definition) is 3. The maximum absolute atomic E-state index is 12.2. The van der Waals surface area contributed by atoms with Crippen LogP contribution in [0.15, 0.2) is 36.7 Å². The Kier molecular flexibility index (Phi) is 5.53. The molecule has 0 spiro atoms. The second-order valence-corrected chi connectivity index (χ2v) is 7.49. The molecule has 25 heavy (non-hydrogen) atoms. The molecule has 0 radical (unpaired) electrons. The van der Waals surface area contributed by atoms with E-state index < -0.39 is 0 Å². The van der Waals surface area contributed by atoms with E-state index in [1.807, 2.05) is 13.1 Å². The zero-order valence-corrected chi connectivity index (χ0v) is 15.4. The number of aryl methyl sites for hydroxylation is 1. The van der Waals surface area contributed by atoms with Crippen LogP contribution in [-0.4, -0.2) is 33.7 Å². The molecule has 134 valence electrons. The molecule has 5 heteroatoms. The SMILES string of the molecule is C[C@H]1C[C@H](C)CN(Cc2ccccc2CNC(=O)c2cnn(C)c2)C1. The average molecular weight is 340 g/mol. The minimum Gasteiger partial charge on any atom is -0.348 e. The van der Waals surface area contributed by atoms with E-state index in [1.54, 1.807) is 17.1 Å². The largest absolute Gasteiger partial charge is 0.348 e. The van der Waals surface area contributed by atoms with Gasteiger partial charge in [-0.2, -0.15) is 5.10 Å². The van der Waals surface area contributed by atoms with Crippen LogP contribution in [0.1, 0.15) is 41.8 Å². The normalized spacial score (nSPS) is 21.2. The van der Waals surface area contributed by atoms with Gasteiger partial charge in [-0.15, -0.1) is 0 Å². The fraction of sp³-hybridized carbons (Fsp3) is 0.500. The molecule has 0 unspecified atom stereocenters. The highest BCUT2D eigenvalue weighted by Crippen LogP contribution is 2.23. The summed E-state index contributed by atoms with van der Waals surface area (Å²) in [7, 11) is 1.81. The van der Waals surface area contributed by atoms with Gasteiger partial charge in [0.05, 0.1) is 11.8 Å². The lowest BCUT2D eigenvalue weighted by Crippen LogP contribution is -2.38. The van der Waals surface area contributed by atoms with Gasteiger partial charge in [-0.05, 0) is 29.4 Å². The Morgan fingerprint density at radius 3 is 2.52 bits per heavy atom. The molecule has 0 aliphatic carbocycles. The molecule has 0 saturated carbocycles. The number of nitrogens with zero attached hydrogens (tertiary/aromatic N) is 3. The number of carbonyl (C=O) groups is 1. The van der Waals surface area contributed by atoms with Gasteiger partial charge >= 0.3 is 0 Å². The van der Waals surface area contributed by atoms with Crippen molar-refractivity contribution in [3.05, 3.63) is 53.3 Å². The maximum Gasteiger partial charge on any atom is 0.254 e. The summed E-state index contributed by atoms with van der Waals surface area (Å²) in [5, 5.41) is 7.06. The molecule has 1 aromatic carbocycles. The van der Waals surface area contributed by atoms with E-state index in [9.17, 15) is 4.79 Å². The summed E-state index contributed by atoms with van der Waals surface area (Å²) in [6.45, 7) is 8.48. The van der Waals surface area contributed by atoms with Crippen LogP contribution in [0.2, 0.25) is 0 Å². The summed E-state index contributed by atoms with van der Waals surface area (Å²) < 4.78 is 1.64. The topological polar surface area (TPSA) is 50.2 Å². The van der Waals surface area contributed by atoms with Gasteiger partial charge < -0.3 is 5.32 Å². The number of benzene rings is 1. The van der Waals surface area contributed by atoms with Crippen molar-refractivity contribution in [3.8, 4) is 0 Å². The number of amides is 1. The Balaban J connectivity index is 1.63. The van der Waals surface area contributed by atoms with Crippen molar-refractivity contribution in [2.24, 2.45) is 18.9 Å². The van der Waals surface area contributed by atoms with Crippen molar-refractivity contribution >= 4 is 5.91 Å². The first-order valence-electron chi connectivity index (χ1n) is 9.07. The van der Waals surface area contributed by atoms with E-state index in [1.165, 1.54) is 17.5 Å². The molecular weight excluding hydrogens is 312 g/mol. The minimum absolute atomic E-state index is 0.0804. The number of nitrogens with one attached hydrogen (secondary N) is 1. The fourth-order valence-corrected chi connectivity index (χ4v) is 3.86. The van der Waals surface area contributed by atoms with Gasteiger partial charge in [-0.1, -0.05) is 38.1 Å². The number of rotatable bonds is 5. The molecule has 0 bridgehead atoms. The van der Waals surface area contributed by atoms with Crippen molar-refractivity contribution in [1.29, 1.82) is 0 Å². The van der Waals surface area contributed by atoms with Gasteiger partial charge in [0.1, 0.15) is 0 Å². The molecule has 1 aliphatic heterocycles. The standard InChI is InChI=1S/C20H28N4O/c1-15-8-16(2)12-24(11-15)14-18-7-5-4-6-17(18)9-21-20(25)19-10-22-23(3)13-19/h4-7,10,13,15-16H,8-9,11-12,14H2,1-3H3,(H,21,25)/t15-,16-/m0/s1.